The predicted octanol–water partition coefficient (Wildman–Crippen LogP) is 3.54. The molecule has 0 fully saturated rings. The van der Waals surface area contributed by atoms with Crippen molar-refractivity contribution in [3.63, 3.8) is 0 Å². The molecule has 0 spiro atoms. The molecule has 0 aromatic carbocycles. The Bertz CT molecular complexity index is 426. The zero-order chi connectivity index (χ0) is 9.97. The summed E-state index contributed by atoms with van der Waals surface area (Å²) in [6, 6.07) is 5.88. The summed E-state index contributed by atoms with van der Waals surface area (Å²) in [6.45, 7) is 2.05. The van der Waals surface area contributed by atoms with E-state index < -0.39 is 0 Å². The Morgan fingerprint density at radius 1 is 1.43 bits per heavy atom. The van der Waals surface area contributed by atoms with E-state index in [0.29, 0.717) is 6.42 Å². The van der Waals surface area contributed by atoms with Gasteiger partial charge in [0.25, 0.3) is 0 Å². The minimum absolute atomic E-state index is 0.224. The third-order valence-corrected chi connectivity index (χ3v) is 3.88. The van der Waals surface area contributed by atoms with Gasteiger partial charge in [-0.2, -0.15) is 0 Å². The fourth-order valence-corrected chi connectivity index (χ4v) is 2.80. The largest absolute Gasteiger partial charge is 0.293 e. The van der Waals surface area contributed by atoms with Gasteiger partial charge in [0.15, 0.2) is 5.78 Å². The number of carbonyl (C=O) groups is 1. The van der Waals surface area contributed by atoms with Gasteiger partial charge in [0.1, 0.15) is 0 Å². The molecule has 0 aliphatic carbocycles. The molecule has 0 saturated heterocycles. The molecule has 0 bridgehead atoms. The summed E-state index contributed by atoms with van der Waals surface area (Å²) in [5.41, 5.74) is 1.24. The van der Waals surface area contributed by atoms with Crippen LogP contribution in [0.5, 0.6) is 0 Å². The first-order chi connectivity index (χ1) is 6.75. The van der Waals surface area contributed by atoms with Crippen LogP contribution in [-0.2, 0) is 6.42 Å². The van der Waals surface area contributed by atoms with Gasteiger partial charge in [-0.3, -0.25) is 4.79 Å². The van der Waals surface area contributed by atoms with Crippen molar-refractivity contribution in [3.05, 3.63) is 44.3 Å². The lowest BCUT2D eigenvalue weighted by Crippen LogP contribution is -1.98. The number of thiophene rings is 2. The maximum absolute atomic E-state index is 11.7. The van der Waals surface area contributed by atoms with Gasteiger partial charge in [-0.1, -0.05) is 6.07 Å². The summed E-state index contributed by atoms with van der Waals surface area (Å²) >= 11 is 3.17. The lowest BCUT2D eigenvalue weighted by molar-refractivity contribution is 0.0997. The van der Waals surface area contributed by atoms with Gasteiger partial charge >= 0.3 is 0 Å². The number of ketones is 1. The van der Waals surface area contributed by atoms with Crippen LogP contribution < -0.4 is 0 Å². The fourth-order valence-electron chi connectivity index (χ4n) is 1.27. The molecule has 2 heterocycles. The van der Waals surface area contributed by atoms with Crippen LogP contribution in [-0.4, -0.2) is 5.78 Å². The third kappa shape index (κ3) is 2.11. The molecule has 1 nitrogen and oxygen atoms in total. The molecule has 0 unspecified atom stereocenters. The first-order valence-electron chi connectivity index (χ1n) is 4.36. The van der Waals surface area contributed by atoms with Crippen molar-refractivity contribution in [2.45, 2.75) is 13.3 Å². The molecule has 0 saturated carbocycles. The van der Waals surface area contributed by atoms with Crippen molar-refractivity contribution in [1.29, 1.82) is 0 Å². The van der Waals surface area contributed by atoms with Gasteiger partial charge in [0.05, 0.1) is 4.88 Å². The van der Waals surface area contributed by atoms with Crippen molar-refractivity contribution in [1.82, 2.24) is 0 Å². The van der Waals surface area contributed by atoms with Gasteiger partial charge in [-0.25, -0.2) is 0 Å². The number of carbonyl (C=O) groups excluding carboxylic acids is 1. The highest BCUT2D eigenvalue weighted by molar-refractivity contribution is 7.12. The van der Waals surface area contributed by atoms with Crippen LogP contribution in [0.2, 0.25) is 0 Å². The van der Waals surface area contributed by atoms with Gasteiger partial charge in [0.2, 0.25) is 0 Å². The summed E-state index contributed by atoms with van der Waals surface area (Å²) in [7, 11) is 0. The number of hydrogen-bond donors (Lipinski definition) is 0. The molecule has 0 aliphatic rings. The van der Waals surface area contributed by atoms with E-state index in [1.165, 1.54) is 16.9 Å². The molecule has 14 heavy (non-hydrogen) atoms. The van der Waals surface area contributed by atoms with E-state index in [1.54, 1.807) is 11.3 Å². The summed E-state index contributed by atoms with van der Waals surface area (Å²) in [6.07, 6.45) is 0.541. The maximum atomic E-state index is 11.7. The predicted molar refractivity (Wildman–Crippen MR) is 61.4 cm³/mol. The normalized spacial score (nSPS) is 10.4. The Labute approximate surface area is 91.0 Å². The first kappa shape index (κ1) is 9.62. The standard InChI is InChI=1S/C11H10OS2/c1-8-5-9(14-7-8)6-10(12)11-3-2-4-13-11/h2-5,7H,6H2,1H3. The van der Waals surface area contributed by atoms with Gasteiger partial charge in [-0.15, -0.1) is 22.7 Å². The molecule has 0 N–H and O–H groups in total. The highest BCUT2D eigenvalue weighted by atomic mass is 32.1. The van der Waals surface area contributed by atoms with Gasteiger partial charge in [-0.05, 0) is 35.4 Å². The van der Waals surface area contributed by atoms with Gasteiger partial charge in [0, 0.05) is 11.3 Å². The second-order valence-electron chi connectivity index (χ2n) is 3.17. The molecule has 0 amide bonds. The summed E-state index contributed by atoms with van der Waals surface area (Å²) < 4.78 is 0. The van der Waals surface area contributed by atoms with E-state index in [-0.39, 0.29) is 5.78 Å². The second-order valence-corrected chi connectivity index (χ2v) is 5.11. The van der Waals surface area contributed by atoms with Crippen molar-refractivity contribution in [2.75, 3.05) is 0 Å². The quantitative estimate of drug-likeness (QED) is 0.726. The van der Waals surface area contributed by atoms with Gasteiger partial charge < -0.3 is 0 Å². The van der Waals surface area contributed by atoms with Crippen LogP contribution in [0, 0.1) is 6.92 Å². The number of Topliss-reactive ketones (excluding diaryl/α,β-unsaturated/α-hetero) is 1. The molecule has 2 aromatic rings. The lowest BCUT2D eigenvalue weighted by atomic mass is 10.2. The molecular weight excluding hydrogens is 212 g/mol. The second kappa shape index (κ2) is 4.07. The van der Waals surface area contributed by atoms with Crippen molar-refractivity contribution < 1.29 is 4.79 Å². The van der Waals surface area contributed by atoms with Crippen LogP contribution in [0.4, 0.5) is 0 Å². The van der Waals surface area contributed by atoms with Crippen molar-refractivity contribution in [2.24, 2.45) is 0 Å². The molecule has 2 rings (SSSR count). The van der Waals surface area contributed by atoms with Crippen molar-refractivity contribution >= 4 is 28.5 Å². The first-order valence-corrected chi connectivity index (χ1v) is 6.12. The molecule has 0 atom stereocenters. The maximum Gasteiger partial charge on any atom is 0.177 e. The Hall–Kier alpha value is -0.930. The number of aryl methyl sites for hydroxylation is 1. The Morgan fingerprint density at radius 3 is 2.86 bits per heavy atom. The van der Waals surface area contributed by atoms with E-state index in [4.69, 9.17) is 0 Å². The molecular formula is C11H10OS2. The van der Waals surface area contributed by atoms with Crippen LogP contribution in [0.3, 0.4) is 0 Å². The van der Waals surface area contributed by atoms with Crippen LogP contribution in [0.1, 0.15) is 20.1 Å². The number of rotatable bonds is 3. The molecule has 0 aliphatic heterocycles. The monoisotopic (exact) mass is 222 g/mol. The summed E-state index contributed by atoms with van der Waals surface area (Å²) in [4.78, 5) is 13.7. The minimum Gasteiger partial charge on any atom is -0.293 e. The topological polar surface area (TPSA) is 17.1 Å². The van der Waals surface area contributed by atoms with Crippen LogP contribution >= 0.6 is 22.7 Å². The Kier molecular flexibility index (Phi) is 2.79. The van der Waals surface area contributed by atoms with E-state index in [1.807, 2.05) is 17.5 Å². The zero-order valence-electron chi connectivity index (χ0n) is 7.82. The Balaban J connectivity index is 2.09. The molecule has 3 heteroatoms. The smallest absolute Gasteiger partial charge is 0.177 e. The van der Waals surface area contributed by atoms with E-state index in [0.717, 1.165) is 9.75 Å². The molecule has 0 radical (unpaired) electrons. The summed E-state index contributed by atoms with van der Waals surface area (Å²) in [5, 5.41) is 4.02. The van der Waals surface area contributed by atoms with E-state index in [9.17, 15) is 4.79 Å². The highest BCUT2D eigenvalue weighted by Gasteiger charge is 2.08. The van der Waals surface area contributed by atoms with E-state index in [2.05, 4.69) is 18.4 Å². The Morgan fingerprint density at radius 2 is 2.29 bits per heavy atom. The molecule has 72 valence electrons. The van der Waals surface area contributed by atoms with E-state index >= 15 is 0 Å². The minimum atomic E-state index is 0.224. The van der Waals surface area contributed by atoms with Crippen LogP contribution in [0.25, 0.3) is 0 Å². The van der Waals surface area contributed by atoms with Crippen LogP contribution in [0.15, 0.2) is 29.0 Å². The average Bonchev–Trinajstić information content (AvgIpc) is 2.75. The fraction of sp³-hybridized carbons (Fsp3) is 0.182. The average molecular weight is 222 g/mol. The van der Waals surface area contributed by atoms with Crippen molar-refractivity contribution in [3.8, 4) is 0 Å². The molecule has 2 aromatic heterocycles. The lowest BCUT2D eigenvalue weighted by Gasteiger charge is -1.93. The zero-order valence-corrected chi connectivity index (χ0v) is 9.45. The SMILES string of the molecule is Cc1csc(CC(=O)c2cccs2)c1. The summed E-state index contributed by atoms with van der Waals surface area (Å²) in [5.74, 6) is 0.224. The third-order valence-electron chi connectivity index (χ3n) is 1.92. The number of hydrogen-bond acceptors (Lipinski definition) is 3. The highest BCUT2D eigenvalue weighted by Crippen LogP contribution is 2.18.